The maximum absolute atomic E-state index is 3.45. The molecular weight excluding hydrogens is 172 g/mol. The average Bonchev–Trinajstić information content (AvgIpc) is 2.89. The van der Waals surface area contributed by atoms with Gasteiger partial charge in [-0.15, -0.1) is 0 Å². The maximum atomic E-state index is 3.45. The van der Waals surface area contributed by atoms with Crippen molar-refractivity contribution < 1.29 is 0 Å². The fourth-order valence-electron chi connectivity index (χ4n) is 2.18. The third kappa shape index (κ3) is 1.07. The van der Waals surface area contributed by atoms with Crippen molar-refractivity contribution in [2.45, 2.75) is 19.9 Å². The fourth-order valence-corrected chi connectivity index (χ4v) is 2.18. The number of hydrogen-bond donors (Lipinski definition) is 2. The van der Waals surface area contributed by atoms with E-state index in [0.29, 0.717) is 6.04 Å². The summed E-state index contributed by atoms with van der Waals surface area (Å²) in [7, 11) is 0. The molecule has 0 radical (unpaired) electrons. The largest absolute Gasteiger partial charge is 0.358 e. The lowest BCUT2D eigenvalue weighted by molar-refractivity contribution is 1.06. The van der Waals surface area contributed by atoms with Gasteiger partial charge >= 0.3 is 0 Å². The van der Waals surface area contributed by atoms with Gasteiger partial charge in [-0.2, -0.15) is 0 Å². The summed E-state index contributed by atoms with van der Waals surface area (Å²) < 4.78 is 0. The second kappa shape index (κ2) is 2.61. The quantitative estimate of drug-likeness (QED) is 0.659. The third-order valence-corrected chi connectivity index (χ3v) is 2.95. The summed E-state index contributed by atoms with van der Waals surface area (Å²) in [4.78, 5) is 3.45. The Hall–Kier alpha value is -1.28. The molecule has 14 heavy (non-hydrogen) atoms. The van der Waals surface area contributed by atoms with Crippen molar-refractivity contribution in [3.05, 3.63) is 35.0 Å². The number of aryl methyl sites for hydroxylation is 2. The van der Waals surface area contributed by atoms with Gasteiger partial charge in [-0.25, -0.2) is 0 Å². The van der Waals surface area contributed by atoms with E-state index in [-0.39, 0.29) is 0 Å². The van der Waals surface area contributed by atoms with Crippen LogP contribution in [0.25, 0.3) is 10.9 Å². The van der Waals surface area contributed by atoms with Crippen molar-refractivity contribution in [1.82, 2.24) is 10.3 Å². The Balaban J connectivity index is 2.32. The standard InChI is InChI=1S/C12H14N2/c1-7-3-4-9-10(5-7)14-8(2)12(9)11-6-13-11/h3-5,11,13-14H,6H2,1-2H3/t11-/m1/s1. The van der Waals surface area contributed by atoms with Crippen LogP contribution in [0, 0.1) is 13.8 Å². The van der Waals surface area contributed by atoms with Crippen molar-refractivity contribution in [2.24, 2.45) is 0 Å². The second-order valence-electron chi connectivity index (χ2n) is 4.17. The molecule has 2 aromatic rings. The molecule has 2 heteroatoms. The van der Waals surface area contributed by atoms with Crippen LogP contribution in [-0.4, -0.2) is 11.5 Å². The molecule has 0 spiro atoms. The Morgan fingerprint density at radius 1 is 1.29 bits per heavy atom. The number of benzene rings is 1. The molecule has 1 fully saturated rings. The van der Waals surface area contributed by atoms with Gasteiger partial charge in [0.15, 0.2) is 0 Å². The van der Waals surface area contributed by atoms with Crippen LogP contribution in [0.3, 0.4) is 0 Å². The Labute approximate surface area is 83.3 Å². The van der Waals surface area contributed by atoms with Crippen LogP contribution >= 0.6 is 0 Å². The number of aromatic amines is 1. The molecule has 0 unspecified atom stereocenters. The van der Waals surface area contributed by atoms with Crippen LogP contribution in [-0.2, 0) is 0 Å². The maximum Gasteiger partial charge on any atom is 0.0471 e. The van der Waals surface area contributed by atoms with Gasteiger partial charge in [0.25, 0.3) is 0 Å². The van der Waals surface area contributed by atoms with E-state index in [2.05, 4.69) is 42.3 Å². The van der Waals surface area contributed by atoms with Gasteiger partial charge in [-0.05, 0) is 31.0 Å². The van der Waals surface area contributed by atoms with Crippen molar-refractivity contribution in [2.75, 3.05) is 6.54 Å². The number of fused-ring (bicyclic) bond motifs is 1. The van der Waals surface area contributed by atoms with E-state index in [1.54, 1.807) is 0 Å². The Bertz CT molecular complexity index is 492. The number of H-pyrrole nitrogens is 1. The summed E-state index contributed by atoms with van der Waals surface area (Å²) in [5, 5.41) is 4.74. The molecule has 0 saturated carbocycles. The molecule has 0 bridgehead atoms. The molecule has 1 aliphatic rings. The highest BCUT2D eigenvalue weighted by molar-refractivity contribution is 5.86. The van der Waals surface area contributed by atoms with E-state index < -0.39 is 0 Å². The first-order valence-corrected chi connectivity index (χ1v) is 5.08. The van der Waals surface area contributed by atoms with Crippen LogP contribution in [0.4, 0.5) is 0 Å². The van der Waals surface area contributed by atoms with Crippen molar-refractivity contribution in [3.8, 4) is 0 Å². The third-order valence-electron chi connectivity index (χ3n) is 2.95. The minimum absolute atomic E-state index is 0.589. The zero-order valence-corrected chi connectivity index (χ0v) is 8.52. The van der Waals surface area contributed by atoms with Gasteiger partial charge < -0.3 is 10.3 Å². The smallest absolute Gasteiger partial charge is 0.0471 e. The fraction of sp³-hybridized carbons (Fsp3) is 0.333. The molecule has 72 valence electrons. The summed E-state index contributed by atoms with van der Waals surface area (Å²) in [6.45, 7) is 5.41. The summed E-state index contributed by atoms with van der Waals surface area (Å²) in [6, 6.07) is 7.21. The molecule has 1 aromatic carbocycles. The van der Waals surface area contributed by atoms with E-state index in [4.69, 9.17) is 0 Å². The molecule has 2 N–H and O–H groups in total. The summed E-state index contributed by atoms with van der Waals surface area (Å²) in [6.07, 6.45) is 0. The number of nitrogens with one attached hydrogen (secondary N) is 2. The molecule has 0 amide bonds. The minimum Gasteiger partial charge on any atom is -0.358 e. The summed E-state index contributed by atoms with van der Waals surface area (Å²) >= 11 is 0. The predicted octanol–water partition coefficient (Wildman–Crippen LogP) is 2.43. The molecule has 2 nitrogen and oxygen atoms in total. The van der Waals surface area contributed by atoms with Gasteiger partial charge in [0.1, 0.15) is 0 Å². The number of hydrogen-bond acceptors (Lipinski definition) is 1. The first kappa shape index (κ1) is 8.06. The lowest BCUT2D eigenvalue weighted by Gasteiger charge is -1.96. The normalized spacial score (nSPS) is 20.3. The monoisotopic (exact) mass is 186 g/mol. The molecule has 2 heterocycles. The first-order valence-electron chi connectivity index (χ1n) is 5.08. The van der Waals surface area contributed by atoms with Crippen molar-refractivity contribution in [1.29, 1.82) is 0 Å². The van der Waals surface area contributed by atoms with Crippen LogP contribution in [0.15, 0.2) is 18.2 Å². The van der Waals surface area contributed by atoms with Crippen LogP contribution < -0.4 is 5.32 Å². The molecular formula is C12H14N2. The van der Waals surface area contributed by atoms with E-state index >= 15 is 0 Å². The van der Waals surface area contributed by atoms with Gasteiger partial charge in [-0.1, -0.05) is 12.1 Å². The predicted molar refractivity (Wildman–Crippen MR) is 58.5 cm³/mol. The van der Waals surface area contributed by atoms with Gasteiger partial charge in [-0.3, -0.25) is 0 Å². The molecule has 3 rings (SSSR count). The summed E-state index contributed by atoms with van der Waals surface area (Å²) in [5.41, 5.74) is 5.35. The van der Waals surface area contributed by atoms with Gasteiger partial charge in [0, 0.05) is 29.2 Å². The van der Waals surface area contributed by atoms with E-state index in [9.17, 15) is 0 Å². The zero-order valence-electron chi connectivity index (χ0n) is 8.52. The minimum atomic E-state index is 0.589. The number of aromatic nitrogens is 1. The molecule has 1 aliphatic heterocycles. The van der Waals surface area contributed by atoms with Gasteiger partial charge in [0.2, 0.25) is 0 Å². The van der Waals surface area contributed by atoms with E-state index in [1.165, 1.54) is 27.7 Å². The van der Waals surface area contributed by atoms with E-state index in [1.807, 2.05) is 0 Å². The lowest BCUT2D eigenvalue weighted by atomic mass is 10.1. The number of rotatable bonds is 1. The Morgan fingerprint density at radius 3 is 2.79 bits per heavy atom. The van der Waals surface area contributed by atoms with E-state index in [0.717, 1.165) is 6.54 Å². The second-order valence-corrected chi connectivity index (χ2v) is 4.17. The van der Waals surface area contributed by atoms with Crippen molar-refractivity contribution >= 4 is 10.9 Å². The average molecular weight is 186 g/mol. The highest BCUT2D eigenvalue weighted by atomic mass is 15.1. The molecule has 1 saturated heterocycles. The van der Waals surface area contributed by atoms with Crippen molar-refractivity contribution in [3.63, 3.8) is 0 Å². The Morgan fingerprint density at radius 2 is 2.07 bits per heavy atom. The Kier molecular flexibility index (Phi) is 1.50. The molecule has 0 aliphatic carbocycles. The SMILES string of the molecule is Cc1ccc2c([C@H]3CN3)c(C)[nH]c2c1. The topological polar surface area (TPSA) is 37.7 Å². The highest BCUT2D eigenvalue weighted by Gasteiger charge is 2.27. The lowest BCUT2D eigenvalue weighted by Crippen LogP contribution is -1.85. The van der Waals surface area contributed by atoms with Crippen LogP contribution in [0.2, 0.25) is 0 Å². The zero-order chi connectivity index (χ0) is 9.71. The summed E-state index contributed by atoms with van der Waals surface area (Å²) in [5.74, 6) is 0. The molecule has 1 aromatic heterocycles. The first-order chi connectivity index (χ1) is 6.75. The van der Waals surface area contributed by atoms with Crippen LogP contribution in [0.5, 0.6) is 0 Å². The highest BCUT2D eigenvalue weighted by Crippen LogP contribution is 2.32. The van der Waals surface area contributed by atoms with Gasteiger partial charge in [0.05, 0.1) is 0 Å². The molecule has 1 atom stereocenters. The van der Waals surface area contributed by atoms with Crippen LogP contribution in [0.1, 0.15) is 22.9 Å².